The van der Waals surface area contributed by atoms with Crippen LogP contribution >= 0.6 is 0 Å². The monoisotopic (exact) mass is 536 g/mol. The minimum Gasteiger partial charge on any atom is -0.491 e. The molecule has 0 radical (unpaired) electrons. The van der Waals surface area contributed by atoms with Crippen LogP contribution in [0.15, 0.2) is 66.9 Å². The molecule has 0 atom stereocenters. The summed E-state index contributed by atoms with van der Waals surface area (Å²) in [6.07, 6.45) is 7.15. The van der Waals surface area contributed by atoms with Gasteiger partial charge in [-0.1, -0.05) is 31.4 Å². The number of rotatable bonds is 9. The number of hydrogen-bond acceptors (Lipinski definition) is 7. The largest absolute Gasteiger partial charge is 0.491 e. The van der Waals surface area contributed by atoms with Crippen molar-refractivity contribution in [3.63, 3.8) is 0 Å². The summed E-state index contributed by atoms with van der Waals surface area (Å²) >= 11 is 0. The first-order chi connectivity index (χ1) is 19.7. The Hall–Kier alpha value is -4.50. The van der Waals surface area contributed by atoms with E-state index in [1.54, 1.807) is 13.3 Å². The molecule has 1 aliphatic carbocycles. The van der Waals surface area contributed by atoms with Gasteiger partial charge in [0.25, 0.3) is 0 Å². The van der Waals surface area contributed by atoms with Gasteiger partial charge >= 0.3 is 0 Å². The van der Waals surface area contributed by atoms with Gasteiger partial charge in [-0.3, -0.25) is 9.89 Å². The van der Waals surface area contributed by atoms with Gasteiger partial charge in [0.1, 0.15) is 18.2 Å². The van der Waals surface area contributed by atoms with E-state index in [0.29, 0.717) is 30.6 Å². The van der Waals surface area contributed by atoms with Gasteiger partial charge in [-0.2, -0.15) is 5.10 Å². The molecule has 1 aliphatic rings. The average molecular weight is 537 g/mol. The van der Waals surface area contributed by atoms with Crippen molar-refractivity contribution < 1.29 is 14.3 Å². The summed E-state index contributed by atoms with van der Waals surface area (Å²) in [6.45, 7) is 0.942. The molecule has 1 saturated carbocycles. The molecule has 1 amide bonds. The van der Waals surface area contributed by atoms with E-state index in [4.69, 9.17) is 19.4 Å². The van der Waals surface area contributed by atoms with Gasteiger partial charge in [-0.15, -0.1) is 0 Å². The van der Waals surface area contributed by atoms with Gasteiger partial charge in [0.15, 0.2) is 5.82 Å². The Kier molecular flexibility index (Phi) is 7.54. The van der Waals surface area contributed by atoms with E-state index in [1.807, 2.05) is 60.7 Å². The second-order valence-corrected chi connectivity index (χ2v) is 10.1. The van der Waals surface area contributed by atoms with Crippen LogP contribution in [0, 0.1) is 5.92 Å². The first-order valence-corrected chi connectivity index (χ1v) is 13.7. The summed E-state index contributed by atoms with van der Waals surface area (Å²) in [5.74, 6) is 2.09. The number of fused-ring (bicyclic) bond motifs is 2. The van der Waals surface area contributed by atoms with E-state index < -0.39 is 0 Å². The van der Waals surface area contributed by atoms with Crippen molar-refractivity contribution in [2.75, 3.05) is 31.0 Å². The van der Waals surface area contributed by atoms with E-state index >= 15 is 0 Å². The number of nitrogens with zero attached hydrogens (tertiary/aromatic N) is 3. The van der Waals surface area contributed by atoms with Crippen LogP contribution in [0.3, 0.4) is 0 Å². The third-order valence-corrected chi connectivity index (χ3v) is 7.29. The molecule has 40 heavy (non-hydrogen) atoms. The van der Waals surface area contributed by atoms with Crippen molar-refractivity contribution in [2.45, 2.75) is 32.1 Å². The Morgan fingerprint density at radius 3 is 2.75 bits per heavy atom. The van der Waals surface area contributed by atoms with Gasteiger partial charge in [-0.05, 0) is 61.4 Å². The third-order valence-electron chi connectivity index (χ3n) is 7.29. The Morgan fingerprint density at radius 1 is 0.975 bits per heavy atom. The Balaban J connectivity index is 1.34. The topological polar surface area (TPSA) is 114 Å². The van der Waals surface area contributed by atoms with Crippen LogP contribution in [-0.4, -0.2) is 46.4 Å². The maximum atomic E-state index is 12.9. The Labute approximate surface area is 232 Å². The molecule has 0 unspecified atom stereocenters. The fourth-order valence-corrected chi connectivity index (χ4v) is 5.17. The fraction of sp³-hybridized carbons (Fsp3) is 0.290. The molecule has 9 nitrogen and oxygen atoms in total. The third kappa shape index (κ3) is 5.74. The summed E-state index contributed by atoms with van der Waals surface area (Å²) < 4.78 is 11.0. The molecular weight excluding hydrogens is 504 g/mol. The molecule has 3 aromatic carbocycles. The number of benzene rings is 3. The zero-order chi connectivity index (χ0) is 27.3. The number of anilines is 3. The number of carbonyl (C=O) groups is 1. The van der Waals surface area contributed by atoms with Crippen LogP contribution in [0.4, 0.5) is 17.2 Å². The molecule has 0 saturated heterocycles. The van der Waals surface area contributed by atoms with Crippen LogP contribution in [0.1, 0.15) is 32.1 Å². The van der Waals surface area contributed by atoms with E-state index in [0.717, 1.165) is 64.4 Å². The van der Waals surface area contributed by atoms with Gasteiger partial charge < -0.3 is 20.1 Å². The molecule has 204 valence electrons. The predicted molar refractivity (Wildman–Crippen MR) is 157 cm³/mol. The van der Waals surface area contributed by atoms with Crippen molar-refractivity contribution in [1.82, 2.24) is 20.2 Å². The number of amides is 1. The zero-order valence-corrected chi connectivity index (χ0v) is 22.4. The van der Waals surface area contributed by atoms with Crippen LogP contribution < -0.4 is 15.4 Å². The number of methoxy groups -OCH3 is 1. The van der Waals surface area contributed by atoms with Crippen molar-refractivity contribution in [1.29, 1.82) is 0 Å². The second kappa shape index (κ2) is 11.7. The summed E-state index contributed by atoms with van der Waals surface area (Å²) in [5.41, 5.74) is 4.17. The highest BCUT2D eigenvalue weighted by Gasteiger charge is 2.21. The SMILES string of the molecule is COCCOc1ccc2nc(-c3cccc(NC(=O)C4CCCCC4)c3)nc(Nc3ccc4[nH]ncc4c3)c2c1. The highest BCUT2D eigenvalue weighted by molar-refractivity contribution is 5.95. The molecule has 0 bridgehead atoms. The molecule has 1 fully saturated rings. The van der Waals surface area contributed by atoms with Crippen molar-refractivity contribution in [3.05, 3.63) is 66.9 Å². The lowest BCUT2D eigenvalue weighted by Crippen LogP contribution is -2.24. The summed E-state index contributed by atoms with van der Waals surface area (Å²) in [7, 11) is 1.65. The lowest BCUT2D eigenvalue weighted by Gasteiger charge is -2.20. The molecule has 5 aromatic rings. The van der Waals surface area contributed by atoms with Gasteiger partial charge in [-0.25, -0.2) is 9.97 Å². The van der Waals surface area contributed by atoms with Gasteiger partial charge in [0.2, 0.25) is 5.91 Å². The van der Waals surface area contributed by atoms with Crippen molar-refractivity contribution >= 4 is 44.9 Å². The molecular formula is C31H32N6O3. The van der Waals surface area contributed by atoms with Crippen LogP contribution in [0.25, 0.3) is 33.2 Å². The lowest BCUT2D eigenvalue weighted by molar-refractivity contribution is -0.120. The number of carbonyl (C=O) groups excluding carboxylic acids is 1. The zero-order valence-electron chi connectivity index (χ0n) is 22.4. The standard InChI is InChI=1S/C31H32N6O3/c1-39-14-15-40-25-11-13-28-26(18-25)30(33-24-10-12-27-22(17-24)19-32-37-27)36-29(35-28)21-8-5-9-23(16-21)34-31(38)20-6-3-2-4-7-20/h5,8-13,16-20H,2-4,6-7,14-15H2,1H3,(H,32,37)(H,34,38)(H,33,35,36). The predicted octanol–water partition coefficient (Wildman–Crippen LogP) is 6.46. The Morgan fingerprint density at radius 2 is 1.88 bits per heavy atom. The van der Waals surface area contributed by atoms with E-state index in [2.05, 4.69) is 20.8 Å². The van der Waals surface area contributed by atoms with E-state index in [1.165, 1.54) is 6.42 Å². The van der Waals surface area contributed by atoms with Gasteiger partial charge in [0.05, 0.1) is 23.8 Å². The number of hydrogen-bond donors (Lipinski definition) is 3. The Bertz CT molecular complexity index is 1640. The van der Waals surface area contributed by atoms with Crippen molar-refractivity contribution in [3.8, 4) is 17.1 Å². The molecule has 2 heterocycles. The number of H-pyrrole nitrogens is 1. The van der Waals surface area contributed by atoms with Crippen LogP contribution in [-0.2, 0) is 9.53 Å². The molecule has 0 spiro atoms. The number of nitrogens with one attached hydrogen (secondary N) is 3. The van der Waals surface area contributed by atoms with E-state index in [-0.39, 0.29) is 11.8 Å². The normalized spacial score (nSPS) is 13.9. The molecule has 3 N–H and O–H groups in total. The number of aromatic amines is 1. The summed E-state index contributed by atoms with van der Waals surface area (Å²) in [4.78, 5) is 22.7. The molecule has 9 heteroatoms. The maximum Gasteiger partial charge on any atom is 0.227 e. The maximum absolute atomic E-state index is 12.9. The molecule has 6 rings (SSSR count). The van der Waals surface area contributed by atoms with Crippen LogP contribution in [0.5, 0.6) is 5.75 Å². The quantitative estimate of drug-likeness (QED) is 0.185. The average Bonchev–Trinajstić information content (AvgIpc) is 3.46. The first-order valence-electron chi connectivity index (χ1n) is 13.7. The lowest BCUT2D eigenvalue weighted by atomic mass is 9.88. The molecule has 2 aromatic heterocycles. The van der Waals surface area contributed by atoms with E-state index in [9.17, 15) is 4.79 Å². The van der Waals surface area contributed by atoms with Crippen molar-refractivity contribution in [2.24, 2.45) is 5.92 Å². The van der Waals surface area contributed by atoms with Gasteiger partial charge in [0, 0.05) is 40.7 Å². The highest BCUT2D eigenvalue weighted by atomic mass is 16.5. The smallest absolute Gasteiger partial charge is 0.227 e. The van der Waals surface area contributed by atoms with Crippen LogP contribution in [0.2, 0.25) is 0 Å². The minimum absolute atomic E-state index is 0.0815. The number of ether oxygens (including phenoxy) is 2. The summed E-state index contributed by atoms with van der Waals surface area (Å²) in [6, 6.07) is 19.5. The first kappa shape index (κ1) is 25.8. The fourth-order valence-electron chi connectivity index (χ4n) is 5.17. The second-order valence-electron chi connectivity index (χ2n) is 10.1. The number of aromatic nitrogens is 4. The summed E-state index contributed by atoms with van der Waals surface area (Å²) in [5, 5.41) is 15.5. The highest BCUT2D eigenvalue weighted by Crippen LogP contribution is 2.32. The molecule has 0 aliphatic heterocycles. The minimum atomic E-state index is 0.0815.